The van der Waals surface area contributed by atoms with Gasteiger partial charge in [0.15, 0.2) is 5.82 Å². The highest BCUT2D eigenvalue weighted by atomic mass is 32.1. The van der Waals surface area contributed by atoms with Crippen molar-refractivity contribution in [2.24, 2.45) is 5.10 Å². The average Bonchev–Trinajstić information content (AvgIpc) is 2.85. The summed E-state index contributed by atoms with van der Waals surface area (Å²) in [5, 5.41) is 13.7. The molecule has 1 aromatic heterocycles. The first-order valence-corrected chi connectivity index (χ1v) is 6.89. The number of nitrogens with one attached hydrogen (secondary N) is 1. The predicted molar refractivity (Wildman–Crippen MR) is 83.7 cm³/mol. The third-order valence-electron chi connectivity index (χ3n) is 3.17. The minimum absolute atomic E-state index is 0.512. The van der Waals surface area contributed by atoms with E-state index in [0.717, 1.165) is 17.8 Å². The fraction of sp³-hybridized carbons (Fsp3) is 0.133. The van der Waals surface area contributed by atoms with Crippen LogP contribution >= 0.6 is 12.2 Å². The van der Waals surface area contributed by atoms with Gasteiger partial charge in [0.05, 0.1) is 6.21 Å². The molecule has 100 valence electrons. The van der Waals surface area contributed by atoms with Crippen LogP contribution in [0.1, 0.15) is 18.3 Å². The van der Waals surface area contributed by atoms with Crippen LogP contribution in [0.15, 0.2) is 47.6 Å². The van der Waals surface area contributed by atoms with Crippen molar-refractivity contribution in [1.82, 2.24) is 14.9 Å². The number of aromatic amines is 1. The number of nitrogens with zero attached hydrogens (tertiary/aromatic N) is 3. The lowest BCUT2D eigenvalue weighted by Crippen LogP contribution is -1.97. The van der Waals surface area contributed by atoms with E-state index >= 15 is 0 Å². The smallest absolute Gasteiger partial charge is 0.216 e. The number of aryl methyl sites for hydroxylation is 1. The SMILES string of the molecule is CCc1n[nH]c(=S)n1/N=C/c1cccc2ccccc12. The molecule has 0 aliphatic carbocycles. The molecule has 4 nitrogen and oxygen atoms in total. The molecule has 0 aliphatic rings. The van der Waals surface area contributed by atoms with Crippen LogP contribution in [0.4, 0.5) is 0 Å². The van der Waals surface area contributed by atoms with E-state index in [-0.39, 0.29) is 0 Å². The summed E-state index contributed by atoms with van der Waals surface area (Å²) in [5.74, 6) is 0.825. The van der Waals surface area contributed by atoms with Crippen molar-refractivity contribution in [3.63, 3.8) is 0 Å². The summed E-state index contributed by atoms with van der Waals surface area (Å²) in [5.41, 5.74) is 1.06. The van der Waals surface area contributed by atoms with Gasteiger partial charge in [-0.1, -0.05) is 49.4 Å². The molecule has 1 heterocycles. The van der Waals surface area contributed by atoms with E-state index in [9.17, 15) is 0 Å². The van der Waals surface area contributed by atoms with Crippen LogP contribution in [0.25, 0.3) is 10.8 Å². The molecule has 0 aliphatic heterocycles. The first-order valence-electron chi connectivity index (χ1n) is 6.48. The fourth-order valence-electron chi connectivity index (χ4n) is 2.16. The molecule has 1 N–H and O–H groups in total. The molecule has 0 spiro atoms. The van der Waals surface area contributed by atoms with Crippen LogP contribution in [0, 0.1) is 4.77 Å². The van der Waals surface area contributed by atoms with Crippen molar-refractivity contribution >= 4 is 29.2 Å². The van der Waals surface area contributed by atoms with Crippen molar-refractivity contribution in [3.05, 3.63) is 58.6 Å². The van der Waals surface area contributed by atoms with Gasteiger partial charge in [-0.05, 0) is 23.0 Å². The Bertz CT molecular complexity index is 824. The number of hydrogen-bond acceptors (Lipinski definition) is 3. The first-order chi connectivity index (χ1) is 9.79. The topological polar surface area (TPSA) is 46.0 Å². The fourth-order valence-corrected chi connectivity index (χ4v) is 2.35. The van der Waals surface area contributed by atoms with Crippen LogP contribution in [0.5, 0.6) is 0 Å². The minimum Gasteiger partial charge on any atom is -0.250 e. The summed E-state index contributed by atoms with van der Waals surface area (Å²) in [7, 11) is 0. The third kappa shape index (κ3) is 2.28. The Balaban J connectivity index is 2.07. The normalized spacial score (nSPS) is 11.4. The van der Waals surface area contributed by atoms with E-state index in [4.69, 9.17) is 12.2 Å². The maximum atomic E-state index is 5.18. The zero-order valence-electron chi connectivity index (χ0n) is 11.1. The van der Waals surface area contributed by atoms with Crippen molar-refractivity contribution in [3.8, 4) is 0 Å². The first kappa shape index (κ1) is 12.7. The van der Waals surface area contributed by atoms with Crippen LogP contribution in [0.2, 0.25) is 0 Å². The molecule has 0 unspecified atom stereocenters. The summed E-state index contributed by atoms with van der Waals surface area (Å²) in [6, 6.07) is 14.4. The van der Waals surface area contributed by atoms with Crippen LogP contribution in [-0.4, -0.2) is 21.1 Å². The highest BCUT2D eigenvalue weighted by molar-refractivity contribution is 7.71. The van der Waals surface area contributed by atoms with E-state index in [2.05, 4.69) is 33.5 Å². The van der Waals surface area contributed by atoms with Crippen LogP contribution < -0.4 is 0 Å². The molecule has 3 aromatic rings. The Morgan fingerprint density at radius 2 is 2.05 bits per heavy atom. The molecular formula is C15H14N4S. The van der Waals surface area contributed by atoms with E-state index in [0.29, 0.717) is 4.77 Å². The molecule has 0 saturated heterocycles. The van der Waals surface area contributed by atoms with E-state index in [1.54, 1.807) is 4.68 Å². The van der Waals surface area contributed by atoms with Gasteiger partial charge in [0.1, 0.15) is 0 Å². The molecule has 0 amide bonds. The lowest BCUT2D eigenvalue weighted by atomic mass is 10.1. The molecule has 0 radical (unpaired) electrons. The third-order valence-corrected chi connectivity index (χ3v) is 3.43. The highest BCUT2D eigenvalue weighted by Gasteiger charge is 2.02. The molecule has 0 bridgehead atoms. The maximum absolute atomic E-state index is 5.18. The van der Waals surface area contributed by atoms with Gasteiger partial charge < -0.3 is 0 Å². The van der Waals surface area contributed by atoms with Gasteiger partial charge in [0.25, 0.3) is 0 Å². The number of benzene rings is 2. The molecule has 5 heteroatoms. The second kappa shape index (κ2) is 5.38. The van der Waals surface area contributed by atoms with E-state index in [1.807, 2.05) is 37.4 Å². The highest BCUT2D eigenvalue weighted by Crippen LogP contribution is 2.17. The maximum Gasteiger partial charge on any atom is 0.216 e. The summed E-state index contributed by atoms with van der Waals surface area (Å²) < 4.78 is 2.18. The number of rotatable bonds is 3. The lowest BCUT2D eigenvalue weighted by Gasteiger charge is -2.01. The number of hydrogen-bond donors (Lipinski definition) is 1. The Morgan fingerprint density at radius 3 is 2.90 bits per heavy atom. The van der Waals surface area contributed by atoms with Gasteiger partial charge in [-0.15, -0.1) is 0 Å². The molecule has 0 fully saturated rings. The minimum atomic E-state index is 0.512. The van der Waals surface area contributed by atoms with Gasteiger partial charge >= 0.3 is 0 Å². The molecule has 3 rings (SSSR count). The average molecular weight is 282 g/mol. The second-order valence-electron chi connectivity index (χ2n) is 4.42. The Morgan fingerprint density at radius 1 is 1.25 bits per heavy atom. The molecular weight excluding hydrogens is 268 g/mol. The summed E-state index contributed by atoms with van der Waals surface area (Å²) in [6.45, 7) is 2.02. The quantitative estimate of drug-likeness (QED) is 0.590. The molecule has 2 aromatic carbocycles. The Hall–Kier alpha value is -2.27. The number of aromatic nitrogens is 3. The summed E-state index contributed by atoms with van der Waals surface area (Å²) in [6.07, 6.45) is 2.60. The van der Waals surface area contributed by atoms with E-state index in [1.165, 1.54) is 10.8 Å². The lowest BCUT2D eigenvalue weighted by molar-refractivity contribution is 0.780. The Labute approximate surface area is 121 Å². The molecule has 20 heavy (non-hydrogen) atoms. The zero-order chi connectivity index (χ0) is 13.9. The Kier molecular flexibility index (Phi) is 3.43. The number of H-pyrrole nitrogens is 1. The van der Waals surface area contributed by atoms with Crippen molar-refractivity contribution < 1.29 is 0 Å². The van der Waals surface area contributed by atoms with Crippen molar-refractivity contribution in [1.29, 1.82) is 0 Å². The molecule has 0 atom stereocenters. The van der Waals surface area contributed by atoms with Crippen molar-refractivity contribution in [2.45, 2.75) is 13.3 Å². The predicted octanol–water partition coefficient (Wildman–Crippen LogP) is 3.54. The monoisotopic (exact) mass is 282 g/mol. The van der Waals surface area contributed by atoms with E-state index < -0.39 is 0 Å². The van der Waals surface area contributed by atoms with Gasteiger partial charge in [-0.2, -0.15) is 14.9 Å². The van der Waals surface area contributed by atoms with Gasteiger partial charge in [0, 0.05) is 12.0 Å². The van der Waals surface area contributed by atoms with Gasteiger partial charge in [0.2, 0.25) is 4.77 Å². The summed E-state index contributed by atoms with van der Waals surface area (Å²) in [4.78, 5) is 0. The van der Waals surface area contributed by atoms with Crippen molar-refractivity contribution in [2.75, 3.05) is 0 Å². The summed E-state index contributed by atoms with van der Waals surface area (Å²) >= 11 is 5.18. The largest absolute Gasteiger partial charge is 0.250 e. The van der Waals surface area contributed by atoms with Gasteiger partial charge in [-0.3, -0.25) is 5.10 Å². The molecule has 0 saturated carbocycles. The standard InChI is InChI=1S/C15H14N4S/c1-2-14-17-18-15(20)19(14)16-10-12-8-5-7-11-6-3-4-9-13(11)12/h3-10H,2H2,1H3,(H,18,20)/b16-10+. The second-order valence-corrected chi connectivity index (χ2v) is 4.81. The van der Waals surface area contributed by atoms with Crippen LogP contribution in [0.3, 0.4) is 0 Å². The van der Waals surface area contributed by atoms with Gasteiger partial charge in [-0.25, -0.2) is 0 Å². The zero-order valence-corrected chi connectivity index (χ0v) is 11.9. The van der Waals surface area contributed by atoms with Crippen LogP contribution in [-0.2, 0) is 6.42 Å². The number of fused-ring (bicyclic) bond motifs is 1.